The van der Waals surface area contributed by atoms with Gasteiger partial charge in [-0.25, -0.2) is 4.79 Å². The van der Waals surface area contributed by atoms with Crippen LogP contribution in [-0.4, -0.2) is 23.4 Å². The summed E-state index contributed by atoms with van der Waals surface area (Å²) in [5.74, 6) is -3.47. The van der Waals surface area contributed by atoms with Crippen LogP contribution in [0.25, 0.3) is 0 Å². The molecule has 0 unspecified atom stereocenters. The van der Waals surface area contributed by atoms with Gasteiger partial charge in [-0.05, 0) is 24.3 Å². The molecule has 0 aliphatic carbocycles. The molecule has 2 aromatic rings. The minimum atomic E-state index is -4.79. The molecule has 0 aliphatic heterocycles. The predicted octanol–water partition coefficient (Wildman–Crippen LogP) is 3.55. The normalized spacial score (nSPS) is 11.0. The number of esters is 1. The van der Waals surface area contributed by atoms with Crippen LogP contribution >= 0.6 is 0 Å². The second-order valence-electron chi connectivity index (χ2n) is 5.09. The first kappa shape index (κ1) is 19.8. The maximum atomic E-state index is 13.2. The van der Waals surface area contributed by atoms with Gasteiger partial charge in [0.05, 0.1) is 16.1 Å². The average Bonchev–Trinajstić information content (AvgIpc) is 2.60. The van der Waals surface area contributed by atoms with E-state index >= 15 is 0 Å². The number of hydrogen-bond donors (Lipinski definition) is 1. The van der Waals surface area contributed by atoms with Gasteiger partial charge in [0.1, 0.15) is 0 Å². The number of nitrogens with one attached hydrogen (secondary N) is 1. The van der Waals surface area contributed by atoms with E-state index < -0.39 is 52.2 Å². The van der Waals surface area contributed by atoms with Gasteiger partial charge in [-0.3, -0.25) is 14.9 Å². The Bertz CT molecular complexity index is 899. The minimum Gasteiger partial charge on any atom is -0.452 e. The van der Waals surface area contributed by atoms with Crippen LogP contribution in [-0.2, 0) is 15.7 Å². The Balaban J connectivity index is 2.04. The molecule has 0 atom stereocenters. The summed E-state index contributed by atoms with van der Waals surface area (Å²) in [4.78, 5) is 33.2. The van der Waals surface area contributed by atoms with E-state index in [1.54, 1.807) is 0 Å². The zero-order valence-corrected chi connectivity index (χ0v) is 13.2. The van der Waals surface area contributed by atoms with E-state index in [9.17, 15) is 37.3 Å². The largest absolute Gasteiger partial charge is 0.452 e. The zero-order chi connectivity index (χ0) is 20.2. The van der Waals surface area contributed by atoms with E-state index in [0.29, 0.717) is 6.07 Å². The molecule has 2 rings (SSSR count). The summed E-state index contributed by atoms with van der Waals surface area (Å²) in [6.07, 6.45) is -4.79. The molecule has 0 fully saturated rings. The molecule has 1 amide bonds. The Morgan fingerprint density at radius 2 is 1.81 bits per heavy atom. The second kappa shape index (κ2) is 7.81. The quantitative estimate of drug-likeness (QED) is 0.367. The van der Waals surface area contributed by atoms with Crippen LogP contribution in [0.5, 0.6) is 0 Å². The van der Waals surface area contributed by atoms with Crippen LogP contribution in [0.2, 0.25) is 0 Å². The van der Waals surface area contributed by atoms with Crippen molar-refractivity contribution in [3.8, 4) is 0 Å². The standard InChI is InChI=1S/C16H10F4N2O5/c17-12-6-5-9(7-13(12)22(25)26)21-14(23)8-27-15(24)10-3-1-2-4-11(10)16(18,19)20/h1-7H,8H2,(H,21,23). The number of anilines is 1. The number of carbonyl (C=O) groups is 2. The number of benzene rings is 2. The van der Waals surface area contributed by atoms with Gasteiger partial charge in [-0.2, -0.15) is 17.6 Å². The van der Waals surface area contributed by atoms with E-state index in [0.717, 1.165) is 30.3 Å². The highest BCUT2D eigenvalue weighted by molar-refractivity contribution is 5.96. The van der Waals surface area contributed by atoms with Crippen molar-refractivity contribution in [3.63, 3.8) is 0 Å². The number of rotatable bonds is 5. The first-order valence-electron chi connectivity index (χ1n) is 7.16. The fraction of sp³-hybridized carbons (Fsp3) is 0.125. The number of nitro groups is 1. The monoisotopic (exact) mass is 386 g/mol. The number of nitrogens with zero attached hydrogens (tertiary/aromatic N) is 1. The fourth-order valence-corrected chi connectivity index (χ4v) is 2.04. The SMILES string of the molecule is O=C(COC(=O)c1ccccc1C(F)(F)F)Nc1ccc(F)c([N+](=O)[O-])c1. The molecule has 0 bridgehead atoms. The molecule has 0 aromatic heterocycles. The van der Waals surface area contributed by atoms with Crippen LogP contribution in [0.3, 0.4) is 0 Å². The number of carbonyl (C=O) groups excluding carboxylic acids is 2. The van der Waals surface area contributed by atoms with E-state index in [1.807, 2.05) is 0 Å². The molecule has 11 heteroatoms. The Morgan fingerprint density at radius 3 is 2.44 bits per heavy atom. The van der Waals surface area contributed by atoms with Crippen LogP contribution in [0, 0.1) is 15.9 Å². The van der Waals surface area contributed by atoms with Crippen molar-refractivity contribution < 1.29 is 36.8 Å². The maximum Gasteiger partial charge on any atom is 0.417 e. The van der Waals surface area contributed by atoms with Gasteiger partial charge in [0.2, 0.25) is 5.82 Å². The Hall–Kier alpha value is -3.50. The first-order valence-corrected chi connectivity index (χ1v) is 7.16. The smallest absolute Gasteiger partial charge is 0.417 e. The van der Waals surface area contributed by atoms with E-state index in [4.69, 9.17) is 0 Å². The third kappa shape index (κ3) is 5.00. The van der Waals surface area contributed by atoms with Crippen molar-refractivity contribution in [1.82, 2.24) is 0 Å². The third-order valence-corrected chi connectivity index (χ3v) is 3.21. The van der Waals surface area contributed by atoms with Crippen LogP contribution in [0.4, 0.5) is 28.9 Å². The summed E-state index contributed by atoms with van der Waals surface area (Å²) in [5, 5.41) is 12.7. The third-order valence-electron chi connectivity index (χ3n) is 3.21. The van der Waals surface area contributed by atoms with Crippen LogP contribution in [0.1, 0.15) is 15.9 Å². The molecule has 0 saturated carbocycles. The number of alkyl halides is 3. The number of nitro benzene ring substituents is 1. The number of amides is 1. The maximum absolute atomic E-state index is 13.2. The van der Waals surface area contributed by atoms with Crippen molar-refractivity contribution in [3.05, 3.63) is 69.5 Å². The molecule has 7 nitrogen and oxygen atoms in total. The molecule has 1 N–H and O–H groups in total. The predicted molar refractivity (Wildman–Crippen MR) is 83.4 cm³/mol. The van der Waals surface area contributed by atoms with Gasteiger partial charge in [-0.15, -0.1) is 0 Å². The number of ether oxygens (including phenoxy) is 1. The molecular weight excluding hydrogens is 376 g/mol. The summed E-state index contributed by atoms with van der Waals surface area (Å²) < 4.78 is 56.3. The van der Waals surface area contributed by atoms with Crippen molar-refractivity contribution in [1.29, 1.82) is 0 Å². The topological polar surface area (TPSA) is 98.5 Å². The summed E-state index contributed by atoms with van der Waals surface area (Å²) in [6.45, 7) is -0.948. The van der Waals surface area contributed by atoms with Gasteiger partial charge >= 0.3 is 17.8 Å². The van der Waals surface area contributed by atoms with Gasteiger partial charge in [0, 0.05) is 11.8 Å². The Kier molecular flexibility index (Phi) is 5.73. The van der Waals surface area contributed by atoms with Crippen molar-refractivity contribution in [2.24, 2.45) is 0 Å². The van der Waals surface area contributed by atoms with Crippen molar-refractivity contribution in [2.75, 3.05) is 11.9 Å². The van der Waals surface area contributed by atoms with E-state index in [2.05, 4.69) is 10.1 Å². The average molecular weight is 386 g/mol. The molecule has 0 aliphatic rings. The first-order chi connectivity index (χ1) is 12.6. The lowest BCUT2D eigenvalue weighted by atomic mass is 10.1. The lowest BCUT2D eigenvalue weighted by molar-refractivity contribution is -0.387. The molecule has 142 valence electrons. The van der Waals surface area contributed by atoms with Crippen LogP contribution in [0.15, 0.2) is 42.5 Å². The molecule has 0 heterocycles. The highest BCUT2D eigenvalue weighted by Crippen LogP contribution is 2.32. The Morgan fingerprint density at radius 1 is 1.15 bits per heavy atom. The summed E-state index contributed by atoms with van der Waals surface area (Å²) in [6, 6.07) is 6.40. The van der Waals surface area contributed by atoms with Gasteiger partial charge < -0.3 is 10.1 Å². The summed E-state index contributed by atoms with van der Waals surface area (Å²) >= 11 is 0. The molecule has 0 radical (unpaired) electrons. The molecule has 0 spiro atoms. The van der Waals surface area contributed by atoms with Crippen molar-refractivity contribution in [2.45, 2.75) is 6.18 Å². The lowest BCUT2D eigenvalue weighted by Gasteiger charge is -2.12. The molecular formula is C16H10F4N2O5. The van der Waals surface area contributed by atoms with E-state index in [-0.39, 0.29) is 5.69 Å². The fourth-order valence-electron chi connectivity index (χ4n) is 2.04. The highest BCUT2D eigenvalue weighted by Gasteiger charge is 2.35. The van der Waals surface area contributed by atoms with Gasteiger partial charge in [-0.1, -0.05) is 12.1 Å². The Labute approximate surface area is 148 Å². The summed E-state index contributed by atoms with van der Waals surface area (Å²) in [7, 11) is 0. The van der Waals surface area contributed by atoms with Crippen LogP contribution < -0.4 is 5.32 Å². The molecule has 0 saturated heterocycles. The highest BCUT2D eigenvalue weighted by atomic mass is 19.4. The van der Waals surface area contributed by atoms with Gasteiger partial charge in [0.25, 0.3) is 5.91 Å². The van der Waals surface area contributed by atoms with Crippen molar-refractivity contribution >= 4 is 23.3 Å². The van der Waals surface area contributed by atoms with Gasteiger partial charge in [0.15, 0.2) is 6.61 Å². The van der Waals surface area contributed by atoms with E-state index in [1.165, 1.54) is 6.07 Å². The minimum absolute atomic E-state index is 0.153. The second-order valence-corrected chi connectivity index (χ2v) is 5.09. The number of halogens is 4. The molecule has 2 aromatic carbocycles. The molecule has 27 heavy (non-hydrogen) atoms. The number of hydrogen-bond acceptors (Lipinski definition) is 5. The summed E-state index contributed by atoms with van der Waals surface area (Å²) in [5.41, 5.74) is -3.02. The zero-order valence-electron chi connectivity index (χ0n) is 13.2. The lowest BCUT2D eigenvalue weighted by Crippen LogP contribution is -2.22.